The van der Waals surface area contributed by atoms with Gasteiger partial charge in [-0.15, -0.1) is 0 Å². The van der Waals surface area contributed by atoms with Gasteiger partial charge < -0.3 is 15.4 Å². The largest absolute Gasteiger partial charge is 0.394 e. The molecule has 3 aromatic rings. The smallest absolute Gasteiger partial charge is 0.148 e. The summed E-state index contributed by atoms with van der Waals surface area (Å²) in [6.07, 6.45) is 4.47. The number of aromatic nitrogens is 3. The summed E-state index contributed by atoms with van der Waals surface area (Å²) >= 11 is 0. The molecule has 0 aliphatic rings. The van der Waals surface area contributed by atoms with E-state index in [2.05, 4.69) is 32.4 Å². The Labute approximate surface area is 129 Å². The van der Waals surface area contributed by atoms with Gasteiger partial charge in [-0.3, -0.25) is 4.98 Å². The highest BCUT2D eigenvalue weighted by molar-refractivity contribution is 5.83. The van der Waals surface area contributed by atoms with Crippen LogP contribution < -0.4 is 5.32 Å². The fourth-order valence-corrected chi connectivity index (χ4v) is 2.59. The highest BCUT2D eigenvalue weighted by Gasteiger charge is 2.14. The number of hydrogen-bond donors (Lipinski definition) is 3. The highest BCUT2D eigenvalue weighted by atomic mass is 16.3. The number of aromatic amines is 1. The van der Waals surface area contributed by atoms with E-state index in [1.807, 2.05) is 32.2 Å². The molecule has 5 nitrogen and oxygen atoms in total. The second kappa shape index (κ2) is 6.15. The second-order valence-electron chi connectivity index (χ2n) is 5.53. The van der Waals surface area contributed by atoms with E-state index in [1.54, 1.807) is 6.20 Å². The molecule has 3 rings (SSSR count). The summed E-state index contributed by atoms with van der Waals surface area (Å²) in [5.41, 5.74) is 3.99. The van der Waals surface area contributed by atoms with Crippen molar-refractivity contribution < 1.29 is 5.11 Å². The zero-order valence-electron chi connectivity index (χ0n) is 12.8. The van der Waals surface area contributed by atoms with E-state index in [1.165, 1.54) is 10.9 Å². The van der Waals surface area contributed by atoms with Crippen LogP contribution in [0.3, 0.4) is 0 Å². The molecule has 1 aromatic carbocycles. The number of anilines is 1. The predicted molar refractivity (Wildman–Crippen MR) is 88.0 cm³/mol. The number of nitrogens with zero attached hydrogens (tertiary/aromatic N) is 2. The van der Waals surface area contributed by atoms with Crippen LogP contribution in [0, 0.1) is 13.8 Å². The van der Waals surface area contributed by atoms with Crippen molar-refractivity contribution in [1.29, 1.82) is 0 Å². The van der Waals surface area contributed by atoms with Gasteiger partial charge >= 0.3 is 0 Å². The summed E-state index contributed by atoms with van der Waals surface area (Å²) < 4.78 is 0. The molecule has 0 aliphatic heterocycles. The van der Waals surface area contributed by atoms with Gasteiger partial charge in [0.25, 0.3) is 0 Å². The average molecular weight is 296 g/mol. The normalized spacial score (nSPS) is 12.5. The molecule has 114 valence electrons. The lowest BCUT2D eigenvalue weighted by Gasteiger charge is -2.18. The van der Waals surface area contributed by atoms with Crippen LogP contribution in [0.2, 0.25) is 0 Å². The highest BCUT2D eigenvalue weighted by Crippen LogP contribution is 2.20. The maximum absolute atomic E-state index is 9.70. The quantitative estimate of drug-likeness (QED) is 0.676. The van der Waals surface area contributed by atoms with Crippen molar-refractivity contribution in [2.45, 2.75) is 26.3 Å². The van der Waals surface area contributed by atoms with Gasteiger partial charge in [-0.1, -0.05) is 18.2 Å². The molecular weight excluding hydrogens is 276 g/mol. The molecule has 0 amide bonds. The summed E-state index contributed by atoms with van der Waals surface area (Å²) in [6.45, 7) is 3.86. The van der Waals surface area contributed by atoms with Crippen molar-refractivity contribution in [2.24, 2.45) is 0 Å². The van der Waals surface area contributed by atoms with E-state index in [0.717, 1.165) is 29.1 Å². The SMILES string of the molecule is Cc1cnc(C)c(NC(CO)Cc2c[nH]c3ccccc23)n1. The summed E-state index contributed by atoms with van der Waals surface area (Å²) in [5, 5.41) is 14.2. The van der Waals surface area contributed by atoms with E-state index < -0.39 is 0 Å². The van der Waals surface area contributed by atoms with Crippen LogP contribution in [-0.2, 0) is 6.42 Å². The Hall–Kier alpha value is -2.40. The van der Waals surface area contributed by atoms with Crippen LogP contribution in [0.5, 0.6) is 0 Å². The number of aliphatic hydroxyl groups is 1. The molecule has 0 saturated heterocycles. The molecule has 22 heavy (non-hydrogen) atoms. The molecular formula is C17H20N4O. The maximum atomic E-state index is 9.70. The first kappa shape index (κ1) is 14.5. The Morgan fingerprint density at radius 3 is 2.91 bits per heavy atom. The first-order chi connectivity index (χ1) is 10.7. The van der Waals surface area contributed by atoms with Crippen LogP contribution in [-0.4, -0.2) is 32.7 Å². The number of fused-ring (bicyclic) bond motifs is 1. The van der Waals surface area contributed by atoms with Gasteiger partial charge in [0.15, 0.2) is 0 Å². The van der Waals surface area contributed by atoms with Gasteiger partial charge in [0.2, 0.25) is 0 Å². The Morgan fingerprint density at radius 2 is 2.09 bits per heavy atom. The molecule has 5 heteroatoms. The van der Waals surface area contributed by atoms with Crippen molar-refractivity contribution in [3.63, 3.8) is 0 Å². The Kier molecular flexibility index (Phi) is 4.06. The first-order valence-corrected chi connectivity index (χ1v) is 7.40. The van der Waals surface area contributed by atoms with E-state index in [-0.39, 0.29) is 12.6 Å². The molecule has 0 aliphatic carbocycles. The number of H-pyrrole nitrogens is 1. The lowest BCUT2D eigenvalue weighted by molar-refractivity contribution is 0.273. The van der Waals surface area contributed by atoms with Crippen LogP contribution in [0.15, 0.2) is 36.7 Å². The van der Waals surface area contributed by atoms with Gasteiger partial charge in [-0.2, -0.15) is 0 Å². The van der Waals surface area contributed by atoms with Crippen molar-refractivity contribution in [3.8, 4) is 0 Å². The van der Waals surface area contributed by atoms with Gasteiger partial charge in [0.1, 0.15) is 5.82 Å². The number of rotatable bonds is 5. The van der Waals surface area contributed by atoms with Crippen LogP contribution in [0.25, 0.3) is 10.9 Å². The average Bonchev–Trinajstić information content (AvgIpc) is 2.93. The van der Waals surface area contributed by atoms with Crippen LogP contribution in [0.1, 0.15) is 17.0 Å². The van der Waals surface area contributed by atoms with Crippen molar-refractivity contribution in [1.82, 2.24) is 15.0 Å². The molecule has 2 aromatic heterocycles. The number of aryl methyl sites for hydroxylation is 2. The predicted octanol–water partition coefficient (Wildman–Crippen LogP) is 2.59. The molecule has 2 heterocycles. The van der Waals surface area contributed by atoms with Crippen molar-refractivity contribution >= 4 is 16.7 Å². The topological polar surface area (TPSA) is 73.8 Å². The van der Waals surface area contributed by atoms with Gasteiger partial charge in [0, 0.05) is 23.3 Å². The standard InChI is InChI=1S/C17H20N4O/c1-11-8-18-12(2)17(20-11)21-14(10-22)7-13-9-19-16-6-4-3-5-15(13)16/h3-6,8-9,14,19,22H,7,10H2,1-2H3,(H,20,21). The fourth-order valence-electron chi connectivity index (χ4n) is 2.59. The molecule has 0 spiro atoms. The number of nitrogens with one attached hydrogen (secondary N) is 2. The van der Waals surface area contributed by atoms with E-state index in [4.69, 9.17) is 0 Å². The number of benzene rings is 1. The van der Waals surface area contributed by atoms with Crippen molar-refractivity contribution in [3.05, 3.63) is 53.6 Å². The first-order valence-electron chi connectivity index (χ1n) is 7.40. The Morgan fingerprint density at radius 1 is 1.27 bits per heavy atom. The summed E-state index contributed by atoms with van der Waals surface area (Å²) in [4.78, 5) is 12.0. The maximum Gasteiger partial charge on any atom is 0.148 e. The van der Waals surface area contributed by atoms with E-state index in [9.17, 15) is 5.11 Å². The van der Waals surface area contributed by atoms with Gasteiger partial charge in [0.05, 0.1) is 24.0 Å². The Bertz CT molecular complexity index is 781. The molecule has 0 fully saturated rings. The van der Waals surface area contributed by atoms with Crippen LogP contribution in [0.4, 0.5) is 5.82 Å². The molecule has 1 unspecified atom stereocenters. The minimum atomic E-state index is -0.103. The number of aliphatic hydroxyl groups excluding tert-OH is 1. The Balaban J connectivity index is 1.81. The van der Waals surface area contributed by atoms with Crippen LogP contribution >= 0.6 is 0 Å². The summed E-state index contributed by atoms with van der Waals surface area (Å²) in [5.74, 6) is 0.735. The molecule has 1 atom stereocenters. The monoisotopic (exact) mass is 296 g/mol. The lowest BCUT2D eigenvalue weighted by atomic mass is 10.1. The molecule has 0 radical (unpaired) electrons. The minimum Gasteiger partial charge on any atom is -0.394 e. The van der Waals surface area contributed by atoms with Gasteiger partial charge in [-0.25, -0.2) is 4.98 Å². The number of hydrogen-bond acceptors (Lipinski definition) is 4. The summed E-state index contributed by atoms with van der Waals surface area (Å²) in [7, 11) is 0. The zero-order valence-corrected chi connectivity index (χ0v) is 12.8. The third kappa shape index (κ3) is 2.94. The van der Waals surface area contributed by atoms with Gasteiger partial charge in [-0.05, 0) is 31.9 Å². The summed E-state index contributed by atoms with van der Waals surface area (Å²) in [6, 6.07) is 8.07. The third-order valence-electron chi connectivity index (χ3n) is 3.78. The lowest BCUT2D eigenvalue weighted by Crippen LogP contribution is -2.27. The molecule has 3 N–H and O–H groups in total. The van der Waals surface area contributed by atoms with E-state index in [0.29, 0.717) is 0 Å². The van der Waals surface area contributed by atoms with Crippen molar-refractivity contribution in [2.75, 3.05) is 11.9 Å². The minimum absolute atomic E-state index is 0.0363. The molecule has 0 bridgehead atoms. The fraction of sp³-hybridized carbons (Fsp3) is 0.294. The zero-order chi connectivity index (χ0) is 15.5. The van der Waals surface area contributed by atoms with E-state index >= 15 is 0 Å². The number of para-hydroxylation sites is 1. The third-order valence-corrected chi connectivity index (χ3v) is 3.78. The second-order valence-corrected chi connectivity index (χ2v) is 5.53. The molecule has 0 saturated carbocycles.